The summed E-state index contributed by atoms with van der Waals surface area (Å²) in [6.07, 6.45) is 17.6. The van der Waals surface area contributed by atoms with Gasteiger partial charge in [-0.2, -0.15) is 0 Å². The molecule has 0 bridgehead atoms. The van der Waals surface area contributed by atoms with Crippen LogP contribution >= 0.6 is 0 Å². The zero-order valence-electron chi connectivity index (χ0n) is 23.4. The molecule has 0 spiro atoms. The second-order valence-electron chi connectivity index (χ2n) is 11.5. The van der Waals surface area contributed by atoms with Gasteiger partial charge in [0.05, 0.1) is 0 Å². The van der Waals surface area contributed by atoms with Crippen LogP contribution in [0.3, 0.4) is 0 Å². The van der Waals surface area contributed by atoms with Gasteiger partial charge in [0.25, 0.3) is 0 Å². The predicted octanol–water partition coefficient (Wildman–Crippen LogP) is 9.79. The van der Waals surface area contributed by atoms with Crippen LogP contribution in [0.1, 0.15) is 124 Å². The number of aromatic hydroxyl groups is 2. The lowest BCUT2D eigenvalue weighted by Gasteiger charge is -2.21. The summed E-state index contributed by atoms with van der Waals surface area (Å²) in [5, 5.41) is 18.5. The summed E-state index contributed by atoms with van der Waals surface area (Å²) in [6.45, 7) is 0. The smallest absolute Gasteiger partial charge is 0.140 e. The van der Waals surface area contributed by atoms with E-state index in [0.29, 0.717) is 23.2 Å². The van der Waals surface area contributed by atoms with Gasteiger partial charge in [0.2, 0.25) is 0 Å². The minimum atomic E-state index is 0.190. The van der Waals surface area contributed by atoms with Crippen LogP contribution in [0, 0.1) is 0 Å². The minimum absolute atomic E-state index is 0.190. The van der Waals surface area contributed by atoms with Crippen LogP contribution in [0.5, 0.6) is 11.5 Å². The Balaban J connectivity index is 0.000000136. The average Bonchev–Trinajstić information content (AvgIpc) is 3.00. The highest BCUT2D eigenvalue weighted by Crippen LogP contribution is 2.34. The maximum Gasteiger partial charge on any atom is 0.140 e. The second-order valence-corrected chi connectivity index (χ2v) is 11.5. The molecule has 3 saturated carbocycles. The van der Waals surface area contributed by atoms with Gasteiger partial charge in [0, 0.05) is 12.3 Å². The molecule has 3 heteroatoms. The monoisotopic (exact) mass is 526 g/mol. The normalized spacial score (nSPS) is 20.2. The molecular formula is C36H46O3. The molecule has 0 aromatic heterocycles. The molecule has 208 valence electrons. The van der Waals surface area contributed by atoms with Gasteiger partial charge in [-0.05, 0) is 91.3 Å². The number of Topliss-reactive ketones (excluding diaryl/α,β-unsaturated/α-hetero) is 1. The van der Waals surface area contributed by atoms with E-state index >= 15 is 0 Å². The number of ketones is 1. The number of benzene rings is 3. The summed E-state index contributed by atoms with van der Waals surface area (Å²) in [6, 6.07) is 25.6. The molecule has 3 aromatic carbocycles. The molecule has 39 heavy (non-hydrogen) atoms. The van der Waals surface area contributed by atoms with E-state index in [1.807, 2.05) is 30.3 Å². The van der Waals surface area contributed by atoms with Crippen molar-refractivity contribution in [2.45, 2.75) is 108 Å². The standard InChI is InChI=1S/C12H14O.2C12H16O/c13-12-9-5-4-8-11(12)10-6-2-1-3-7-10;13-12-8-4-7-11(9-12)10-5-2-1-3-6-10;13-12-8-6-11(7-9-12)10-4-2-1-3-5-10/h1-3,6-7,11H,4-5,8-9H2;4,7-10,13H,1-3,5-6H2;6-10,13H,1-5H2. The lowest BCUT2D eigenvalue weighted by molar-refractivity contribution is -0.121. The van der Waals surface area contributed by atoms with Crippen molar-refractivity contribution in [3.63, 3.8) is 0 Å². The van der Waals surface area contributed by atoms with E-state index in [4.69, 9.17) is 5.11 Å². The van der Waals surface area contributed by atoms with Gasteiger partial charge in [0.1, 0.15) is 17.3 Å². The predicted molar refractivity (Wildman–Crippen MR) is 161 cm³/mol. The van der Waals surface area contributed by atoms with Crippen molar-refractivity contribution >= 4 is 5.78 Å². The molecule has 3 aliphatic carbocycles. The van der Waals surface area contributed by atoms with Gasteiger partial charge >= 0.3 is 0 Å². The molecule has 0 radical (unpaired) electrons. The van der Waals surface area contributed by atoms with E-state index in [0.717, 1.165) is 25.2 Å². The molecule has 3 aromatic rings. The summed E-state index contributed by atoms with van der Waals surface area (Å²) in [5.74, 6) is 2.84. The Kier molecular flexibility index (Phi) is 11.5. The van der Waals surface area contributed by atoms with E-state index in [2.05, 4.69) is 30.3 Å². The Labute approximate surface area is 235 Å². The van der Waals surface area contributed by atoms with Gasteiger partial charge < -0.3 is 10.2 Å². The number of phenolic OH excluding ortho intramolecular Hbond substituents is 2. The van der Waals surface area contributed by atoms with E-state index in [1.54, 1.807) is 18.2 Å². The number of phenols is 2. The summed E-state index contributed by atoms with van der Waals surface area (Å²) in [7, 11) is 0. The van der Waals surface area contributed by atoms with Crippen molar-refractivity contribution in [2.75, 3.05) is 0 Å². The summed E-state index contributed by atoms with van der Waals surface area (Å²) >= 11 is 0. The van der Waals surface area contributed by atoms with Crippen molar-refractivity contribution in [2.24, 2.45) is 0 Å². The molecule has 1 unspecified atom stereocenters. The van der Waals surface area contributed by atoms with Gasteiger partial charge in [-0.15, -0.1) is 0 Å². The van der Waals surface area contributed by atoms with Crippen LogP contribution < -0.4 is 0 Å². The maximum atomic E-state index is 11.6. The minimum Gasteiger partial charge on any atom is -0.508 e. The first-order chi connectivity index (χ1) is 19.1. The van der Waals surface area contributed by atoms with Crippen molar-refractivity contribution in [3.05, 3.63) is 95.6 Å². The van der Waals surface area contributed by atoms with Crippen molar-refractivity contribution < 1.29 is 15.0 Å². The first-order valence-electron chi connectivity index (χ1n) is 15.3. The highest BCUT2D eigenvalue weighted by atomic mass is 16.3. The highest BCUT2D eigenvalue weighted by Gasteiger charge is 2.23. The fraction of sp³-hybridized carbons (Fsp3) is 0.472. The van der Waals surface area contributed by atoms with E-state index < -0.39 is 0 Å². The average molecular weight is 527 g/mol. The van der Waals surface area contributed by atoms with E-state index in [-0.39, 0.29) is 5.92 Å². The van der Waals surface area contributed by atoms with Crippen molar-refractivity contribution in [1.29, 1.82) is 0 Å². The van der Waals surface area contributed by atoms with Crippen LogP contribution in [0.25, 0.3) is 0 Å². The molecule has 0 amide bonds. The van der Waals surface area contributed by atoms with Crippen LogP contribution in [-0.2, 0) is 4.79 Å². The molecule has 2 N–H and O–H groups in total. The molecule has 0 heterocycles. The first kappa shape index (κ1) is 28.9. The second kappa shape index (κ2) is 15.5. The third kappa shape index (κ3) is 9.27. The third-order valence-corrected chi connectivity index (χ3v) is 8.67. The Bertz CT molecular complexity index is 1110. The van der Waals surface area contributed by atoms with Crippen molar-refractivity contribution in [3.8, 4) is 11.5 Å². The summed E-state index contributed by atoms with van der Waals surface area (Å²) in [4.78, 5) is 11.6. The lowest BCUT2D eigenvalue weighted by atomic mass is 9.83. The summed E-state index contributed by atoms with van der Waals surface area (Å²) in [5.41, 5.74) is 3.92. The first-order valence-corrected chi connectivity index (χ1v) is 15.3. The quantitative estimate of drug-likeness (QED) is 0.357. The van der Waals surface area contributed by atoms with E-state index in [9.17, 15) is 9.90 Å². The fourth-order valence-electron chi connectivity index (χ4n) is 6.42. The molecule has 3 nitrogen and oxygen atoms in total. The largest absolute Gasteiger partial charge is 0.508 e. The molecule has 3 fully saturated rings. The molecule has 0 saturated heterocycles. The Hall–Kier alpha value is -3.07. The van der Waals surface area contributed by atoms with Gasteiger partial charge in [0.15, 0.2) is 0 Å². The maximum absolute atomic E-state index is 11.6. The van der Waals surface area contributed by atoms with E-state index in [1.165, 1.54) is 87.3 Å². The molecule has 0 aliphatic heterocycles. The number of rotatable bonds is 3. The lowest BCUT2D eigenvalue weighted by Crippen LogP contribution is -2.16. The number of hydrogen-bond acceptors (Lipinski definition) is 3. The SMILES string of the molecule is O=C1CCCCC1c1ccccc1.Oc1ccc(C2CCCCC2)cc1.Oc1cccc(C2CCCCC2)c1. The van der Waals surface area contributed by atoms with Crippen molar-refractivity contribution in [1.82, 2.24) is 0 Å². The van der Waals surface area contributed by atoms with Gasteiger partial charge in [-0.25, -0.2) is 0 Å². The van der Waals surface area contributed by atoms with Crippen LogP contribution in [-0.4, -0.2) is 16.0 Å². The van der Waals surface area contributed by atoms with Crippen LogP contribution in [0.2, 0.25) is 0 Å². The Morgan fingerprint density at radius 1 is 0.487 bits per heavy atom. The number of hydrogen-bond donors (Lipinski definition) is 2. The highest BCUT2D eigenvalue weighted by molar-refractivity contribution is 5.86. The van der Waals surface area contributed by atoms with Crippen LogP contribution in [0.4, 0.5) is 0 Å². The van der Waals surface area contributed by atoms with Gasteiger partial charge in [-0.3, -0.25) is 4.79 Å². The molecule has 1 atom stereocenters. The molecule has 6 rings (SSSR count). The van der Waals surface area contributed by atoms with Crippen LogP contribution in [0.15, 0.2) is 78.9 Å². The number of carbonyl (C=O) groups excluding carboxylic acids is 1. The summed E-state index contributed by atoms with van der Waals surface area (Å²) < 4.78 is 0. The zero-order valence-corrected chi connectivity index (χ0v) is 23.4. The third-order valence-electron chi connectivity index (χ3n) is 8.67. The fourth-order valence-corrected chi connectivity index (χ4v) is 6.42. The molecular weight excluding hydrogens is 480 g/mol. The zero-order chi connectivity index (χ0) is 27.3. The Morgan fingerprint density at radius 3 is 1.64 bits per heavy atom. The molecule has 3 aliphatic rings. The topological polar surface area (TPSA) is 57.5 Å². The number of carbonyl (C=O) groups is 1. The van der Waals surface area contributed by atoms with Gasteiger partial charge in [-0.1, -0.05) is 99.5 Å². The Morgan fingerprint density at radius 2 is 1.05 bits per heavy atom.